The number of hydrogen-bond acceptors (Lipinski definition) is 6. The van der Waals surface area contributed by atoms with E-state index in [1.54, 1.807) is 6.07 Å². The van der Waals surface area contributed by atoms with Crippen molar-refractivity contribution in [3.05, 3.63) is 28.3 Å². The van der Waals surface area contributed by atoms with Crippen LogP contribution in [-0.2, 0) is 0 Å². The van der Waals surface area contributed by atoms with E-state index in [9.17, 15) is 10.1 Å². The summed E-state index contributed by atoms with van der Waals surface area (Å²) in [5.41, 5.74) is 3.70. The summed E-state index contributed by atoms with van der Waals surface area (Å²) in [7, 11) is 0. The number of nitrogen functional groups attached to an aromatic ring is 1. The van der Waals surface area contributed by atoms with Gasteiger partial charge in [-0.2, -0.15) is 0 Å². The van der Waals surface area contributed by atoms with Crippen LogP contribution in [-0.4, -0.2) is 29.7 Å². The van der Waals surface area contributed by atoms with Crippen LogP contribution in [0.15, 0.2) is 18.2 Å². The van der Waals surface area contributed by atoms with Crippen LogP contribution in [0.3, 0.4) is 0 Å². The Kier molecular flexibility index (Phi) is 3.63. The van der Waals surface area contributed by atoms with Crippen molar-refractivity contribution < 1.29 is 10.0 Å². The predicted octanol–water partition coefficient (Wildman–Crippen LogP) is 0.699. The molecule has 1 fully saturated rings. The molecule has 1 saturated heterocycles. The van der Waals surface area contributed by atoms with E-state index in [1.165, 1.54) is 12.1 Å². The Morgan fingerprint density at radius 1 is 1.56 bits per heavy atom. The smallest absolute Gasteiger partial charge is 0.273 e. The van der Waals surface area contributed by atoms with Crippen LogP contribution in [0, 0.1) is 16.0 Å². The van der Waals surface area contributed by atoms with Crippen molar-refractivity contribution in [2.75, 3.05) is 30.0 Å². The molecule has 2 rings (SSSR count). The molecule has 1 heterocycles. The van der Waals surface area contributed by atoms with E-state index >= 15 is 0 Å². The van der Waals surface area contributed by atoms with Crippen LogP contribution >= 0.6 is 0 Å². The third-order valence-corrected chi connectivity index (χ3v) is 3.19. The molecule has 1 atom stereocenters. The Morgan fingerprint density at radius 2 is 2.33 bits per heavy atom. The number of aliphatic hydroxyl groups is 1. The number of hydrazine groups is 1. The fourth-order valence-corrected chi connectivity index (χ4v) is 2.18. The summed E-state index contributed by atoms with van der Waals surface area (Å²) in [6.45, 7) is 1.64. The van der Waals surface area contributed by atoms with Gasteiger partial charge in [-0.1, -0.05) is 0 Å². The molecule has 7 heteroatoms. The second-order valence-electron chi connectivity index (χ2n) is 4.42. The molecule has 0 aromatic heterocycles. The van der Waals surface area contributed by atoms with Gasteiger partial charge < -0.3 is 15.4 Å². The van der Waals surface area contributed by atoms with Crippen LogP contribution < -0.4 is 16.2 Å². The van der Waals surface area contributed by atoms with E-state index in [0.29, 0.717) is 12.2 Å². The molecule has 7 nitrogen and oxygen atoms in total. The first kappa shape index (κ1) is 12.6. The van der Waals surface area contributed by atoms with Gasteiger partial charge in [0.2, 0.25) is 0 Å². The lowest BCUT2D eigenvalue weighted by atomic mass is 10.1. The molecule has 0 radical (unpaired) electrons. The third-order valence-electron chi connectivity index (χ3n) is 3.19. The van der Waals surface area contributed by atoms with Gasteiger partial charge in [0.15, 0.2) is 0 Å². The average molecular weight is 252 g/mol. The van der Waals surface area contributed by atoms with E-state index in [2.05, 4.69) is 5.43 Å². The van der Waals surface area contributed by atoms with Crippen LogP contribution in [0.5, 0.6) is 0 Å². The van der Waals surface area contributed by atoms with Crippen molar-refractivity contribution in [2.45, 2.75) is 6.42 Å². The first-order chi connectivity index (χ1) is 8.63. The predicted molar refractivity (Wildman–Crippen MR) is 68.3 cm³/mol. The maximum Gasteiger partial charge on any atom is 0.273 e. The fourth-order valence-electron chi connectivity index (χ4n) is 2.18. The standard InChI is InChI=1S/C11H16N4O3/c12-13-9-3-10(5-11(4-9)15(17)18)14-2-1-8(6-14)7-16/h3-5,8,13,16H,1-2,6-7,12H2. The molecule has 0 spiro atoms. The number of hydrogen-bond donors (Lipinski definition) is 3. The molecule has 1 aliphatic rings. The van der Waals surface area contributed by atoms with Gasteiger partial charge in [0.25, 0.3) is 5.69 Å². The molecule has 0 aliphatic carbocycles. The minimum atomic E-state index is -0.441. The van der Waals surface area contributed by atoms with E-state index in [1.807, 2.05) is 4.90 Å². The second-order valence-corrected chi connectivity index (χ2v) is 4.42. The first-order valence-electron chi connectivity index (χ1n) is 5.76. The van der Waals surface area contributed by atoms with Gasteiger partial charge in [-0.05, 0) is 12.5 Å². The number of aliphatic hydroxyl groups excluding tert-OH is 1. The highest BCUT2D eigenvalue weighted by Gasteiger charge is 2.23. The second kappa shape index (κ2) is 5.19. The van der Waals surface area contributed by atoms with Crippen molar-refractivity contribution in [1.29, 1.82) is 0 Å². The Labute approximate surface area is 104 Å². The molecule has 98 valence electrons. The highest BCUT2D eigenvalue weighted by atomic mass is 16.6. The maximum atomic E-state index is 10.8. The molecule has 1 unspecified atom stereocenters. The SMILES string of the molecule is NNc1cc(N2CCC(CO)C2)cc([N+](=O)[O-])c1. The van der Waals surface area contributed by atoms with Gasteiger partial charge in [-0.25, -0.2) is 0 Å². The summed E-state index contributed by atoms with van der Waals surface area (Å²) in [6, 6.07) is 4.69. The third kappa shape index (κ3) is 2.52. The summed E-state index contributed by atoms with van der Waals surface area (Å²) in [5, 5.41) is 19.9. The number of nitrogens with two attached hydrogens (primary N) is 1. The largest absolute Gasteiger partial charge is 0.396 e. The van der Waals surface area contributed by atoms with Gasteiger partial charge >= 0.3 is 0 Å². The zero-order valence-corrected chi connectivity index (χ0v) is 9.87. The first-order valence-corrected chi connectivity index (χ1v) is 5.76. The molecule has 1 aromatic carbocycles. The summed E-state index contributed by atoms with van der Waals surface area (Å²) >= 11 is 0. The van der Waals surface area contributed by atoms with Crippen LogP contribution in [0.4, 0.5) is 17.1 Å². The average Bonchev–Trinajstić information content (AvgIpc) is 2.86. The topological polar surface area (TPSA) is 105 Å². The number of non-ortho nitro benzene ring substituents is 1. The van der Waals surface area contributed by atoms with E-state index in [0.717, 1.165) is 18.7 Å². The van der Waals surface area contributed by atoms with Crippen LogP contribution in [0.2, 0.25) is 0 Å². The van der Waals surface area contributed by atoms with Gasteiger partial charge in [-0.15, -0.1) is 0 Å². The number of nitrogens with one attached hydrogen (secondary N) is 1. The summed E-state index contributed by atoms with van der Waals surface area (Å²) in [5.74, 6) is 5.54. The number of rotatable bonds is 4. The normalized spacial score (nSPS) is 19.0. The van der Waals surface area contributed by atoms with Gasteiger partial charge in [0, 0.05) is 43.4 Å². The van der Waals surface area contributed by atoms with Crippen LogP contribution in [0.1, 0.15) is 6.42 Å². The Hall–Kier alpha value is -1.86. The van der Waals surface area contributed by atoms with Gasteiger partial charge in [-0.3, -0.25) is 16.0 Å². The molecular weight excluding hydrogens is 236 g/mol. The Morgan fingerprint density at radius 3 is 2.89 bits per heavy atom. The Bertz CT molecular complexity index is 452. The van der Waals surface area contributed by atoms with Crippen molar-refractivity contribution in [1.82, 2.24) is 0 Å². The molecule has 1 aromatic rings. The molecule has 1 aliphatic heterocycles. The fraction of sp³-hybridized carbons (Fsp3) is 0.455. The molecule has 0 bridgehead atoms. The quantitative estimate of drug-likeness (QED) is 0.414. The summed E-state index contributed by atoms with van der Waals surface area (Å²) < 4.78 is 0. The van der Waals surface area contributed by atoms with Gasteiger partial charge in [0.05, 0.1) is 10.6 Å². The van der Waals surface area contributed by atoms with Crippen molar-refractivity contribution >= 4 is 17.1 Å². The monoisotopic (exact) mass is 252 g/mol. The zero-order valence-electron chi connectivity index (χ0n) is 9.87. The van der Waals surface area contributed by atoms with Crippen molar-refractivity contribution in [3.8, 4) is 0 Å². The summed E-state index contributed by atoms with van der Waals surface area (Å²) in [6.07, 6.45) is 0.893. The minimum Gasteiger partial charge on any atom is -0.396 e. The Balaban J connectivity index is 2.27. The van der Waals surface area contributed by atoms with E-state index < -0.39 is 4.92 Å². The van der Waals surface area contributed by atoms with E-state index in [-0.39, 0.29) is 18.2 Å². The van der Waals surface area contributed by atoms with E-state index in [4.69, 9.17) is 10.9 Å². The molecule has 0 saturated carbocycles. The number of nitro groups is 1. The highest BCUT2D eigenvalue weighted by molar-refractivity contribution is 5.64. The summed E-state index contributed by atoms with van der Waals surface area (Å²) in [4.78, 5) is 12.4. The number of benzene rings is 1. The maximum absolute atomic E-state index is 10.8. The lowest BCUT2D eigenvalue weighted by molar-refractivity contribution is -0.384. The lowest BCUT2D eigenvalue weighted by Gasteiger charge is -2.19. The van der Waals surface area contributed by atoms with Crippen molar-refractivity contribution in [3.63, 3.8) is 0 Å². The minimum absolute atomic E-state index is 0.00731. The molecule has 18 heavy (non-hydrogen) atoms. The molecule has 4 N–H and O–H groups in total. The zero-order chi connectivity index (χ0) is 13.1. The number of anilines is 2. The lowest BCUT2D eigenvalue weighted by Crippen LogP contribution is -2.21. The highest BCUT2D eigenvalue weighted by Crippen LogP contribution is 2.30. The molecular formula is C11H16N4O3. The van der Waals surface area contributed by atoms with Crippen LogP contribution in [0.25, 0.3) is 0 Å². The van der Waals surface area contributed by atoms with Gasteiger partial charge in [0.1, 0.15) is 0 Å². The molecule has 0 amide bonds. The number of nitrogens with zero attached hydrogens (tertiary/aromatic N) is 2. The number of nitro benzene ring substituents is 1. The van der Waals surface area contributed by atoms with Crippen molar-refractivity contribution in [2.24, 2.45) is 11.8 Å².